The number of anilines is 1. The van der Waals surface area contributed by atoms with E-state index in [0.717, 1.165) is 11.3 Å². The van der Waals surface area contributed by atoms with Crippen LogP contribution in [0, 0.1) is 13.8 Å². The van der Waals surface area contributed by atoms with Crippen LogP contribution < -0.4 is 10.2 Å². The minimum atomic E-state index is -0.461. The standard InChI is InChI=1S/C22H25N5O5S/c1-12(2)31-21(30)18-13(3)24-22(33-18)27(5)17(28)9-10-23-20(29)16-8-6-7-15(11-16)19-25-14(4)32-26-19/h6-8,11-12H,9-10H2,1-5H3,(H,23,29). The van der Waals surface area contributed by atoms with Gasteiger partial charge in [0.05, 0.1) is 11.8 Å². The van der Waals surface area contributed by atoms with Crippen molar-refractivity contribution in [3.63, 3.8) is 0 Å². The molecule has 1 aromatic carbocycles. The van der Waals surface area contributed by atoms with E-state index in [-0.39, 0.29) is 30.9 Å². The van der Waals surface area contributed by atoms with Crippen LogP contribution in [-0.4, -0.2) is 52.6 Å². The summed E-state index contributed by atoms with van der Waals surface area (Å²) in [6.07, 6.45) is -0.182. The maximum Gasteiger partial charge on any atom is 0.350 e. The lowest BCUT2D eigenvalue weighted by Crippen LogP contribution is -2.32. The number of nitrogens with zero attached hydrogens (tertiary/aromatic N) is 4. The summed E-state index contributed by atoms with van der Waals surface area (Å²) in [5.74, 6) is -0.200. The summed E-state index contributed by atoms with van der Waals surface area (Å²) in [5, 5.41) is 6.98. The summed E-state index contributed by atoms with van der Waals surface area (Å²) >= 11 is 1.10. The van der Waals surface area contributed by atoms with Gasteiger partial charge in [-0.1, -0.05) is 28.6 Å². The second-order valence-electron chi connectivity index (χ2n) is 7.54. The molecule has 0 unspecified atom stereocenters. The third-order valence-corrected chi connectivity index (χ3v) is 5.72. The molecule has 10 nitrogen and oxygen atoms in total. The molecule has 0 bridgehead atoms. The van der Waals surface area contributed by atoms with Crippen molar-refractivity contribution in [2.24, 2.45) is 0 Å². The van der Waals surface area contributed by atoms with E-state index in [9.17, 15) is 14.4 Å². The Labute approximate surface area is 195 Å². The second kappa shape index (κ2) is 10.3. The summed E-state index contributed by atoms with van der Waals surface area (Å²) in [6, 6.07) is 6.82. The van der Waals surface area contributed by atoms with E-state index >= 15 is 0 Å². The number of rotatable bonds is 8. The fourth-order valence-corrected chi connectivity index (χ4v) is 3.79. The van der Waals surface area contributed by atoms with Gasteiger partial charge in [0.25, 0.3) is 5.91 Å². The Kier molecular flexibility index (Phi) is 7.54. The smallest absolute Gasteiger partial charge is 0.350 e. The van der Waals surface area contributed by atoms with Crippen molar-refractivity contribution in [1.29, 1.82) is 0 Å². The zero-order valence-electron chi connectivity index (χ0n) is 19.0. The molecule has 33 heavy (non-hydrogen) atoms. The lowest BCUT2D eigenvalue weighted by Gasteiger charge is -2.14. The molecule has 0 atom stereocenters. The summed E-state index contributed by atoms with van der Waals surface area (Å²) in [4.78, 5) is 47.4. The number of esters is 1. The highest BCUT2D eigenvalue weighted by molar-refractivity contribution is 7.17. The highest BCUT2D eigenvalue weighted by Crippen LogP contribution is 2.26. The zero-order chi connectivity index (χ0) is 24.1. The number of nitrogens with one attached hydrogen (secondary N) is 1. The van der Waals surface area contributed by atoms with Crippen molar-refractivity contribution in [1.82, 2.24) is 20.4 Å². The molecule has 0 fully saturated rings. The molecular formula is C22H25N5O5S. The first-order valence-corrected chi connectivity index (χ1v) is 11.1. The number of aryl methyl sites for hydroxylation is 2. The molecule has 0 aliphatic heterocycles. The van der Waals surface area contributed by atoms with E-state index < -0.39 is 5.97 Å². The van der Waals surface area contributed by atoms with E-state index in [1.807, 2.05) is 0 Å². The molecule has 1 N–H and O–H groups in total. The van der Waals surface area contributed by atoms with Gasteiger partial charge in [-0.25, -0.2) is 9.78 Å². The van der Waals surface area contributed by atoms with E-state index in [4.69, 9.17) is 9.26 Å². The van der Waals surface area contributed by atoms with Crippen molar-refractivity contribution < 1.29 is 23.6 Å². The number of hydrogen-bond donors (Lipinski definition) is 1. The molecule has 2 amide bonds. The monoisotopic (exact) mass is 471 g/mol. The zero-order valence-corrected chi connectivity index (χ0v) is 19.9. The average molecular weight is 472 g/mol. The van der Waals surface area contributed by atoms with Gasteiger partial charge in [0, 0.05) is 38.1 Å². The molecule has 2 aromatic heterocycles. The Morgan fingerprint density at radius 3 is 2.64 bits per heavy atom. The Bertz CT molecular complexity index is 1170. The molecule has 0 saturated carbocycles. The normalized spacial score (nSPS) is 10.8. The molecule has 0 saturated heterocycles. The lowest BCUT2D eigenvalue weighted by atomic mass is 10.1. The van der Waals surface area contributed by atoms with Crippen LogP contribution in [0.25, 0.3) is 11.4 Å². The first-order chi connectivity index (χ1) is 15.7. The van der Waals surface area contributed by atoms with Gasteiger partial charge < -0.3 is 14.6 Å². The molecule has 3 rings (SSSR count). The van der Waals surface area contributed by atoms with Gasteiger partial charge >= 0.3 is 5.97 Å². The minimum absolute atomic E-state index is 0.0658. The third-order valence-electron chi connectivity index (χ3n) is 4.51. The molecule has 11 heteroatoms. The van der Waals surface area contributed by atoms with E-state index in [0.29, 0.717) is 38.5 Å². The van der Waals surface area contributed by atoms with Gasteiger partial charge in [0.15, 0.2) is 5.13 Å². The van der Waals surface area contributed by atoms with Gasteiger partial charge in [0.1, 0.15) is 4.88 Å². The van der Waals surface area contributed by atoms with Crippen molar-refractivity contribution in [3.8, 4) is 11.4 Å². The molecule has 0 aliphatic rings. The minimum Gasteiger partial charge on any atom is -0.459 e. The second-order valence-corrected chi connectivity index (χ2v) is 8.52. The molecule has 0 aliphatic carbocycles. The number of ether oxygens (including phenoxy) is 1. The number of aromatic nitrogens is 3. The average Bonchev–Trinajstić information content (AvgIpc) is 3.38. The van der Waals surface area contributed by atoms with Crippen molar-refractivity contribution in [2.45, 2.75) is 40.2 Å². The maximum absolute atomic E-state index is 12.6. The SMILES string of the molecule is Cc1nc(-c2cccc(C(=O)NCCC(=O)N(C)c3nc(C)c(C(=O)OC(C)C)s3)c2)no1. The molecular weight excluding hydrogens is 446 g/mol. The highest BCUT2D eigenvalue weighted by atomic mass is 32.1. The molecule has 174 valence electrons. The fraction of sp³-hybridized carbons (Fsp3) is 0.364. The Hall–Kier alpha value is -3.60. The topological polar surface area (TPSA) is 128 Å². The maximum atomic E-state index is 12.6. The molecule has 2 heterocycles. The summed E-state index contributed by atoms with van der Waals surface area (Å²) < 4.78 is 10.2. The molecule has 0 radical (unpaired) electrons. The first-order valence-electron chi connectivity index (χ1n) is 10.3. The largest absolute Gasteiger partial charge is 0.459 e. The van der Waals surface area contributed by atoms with Gasteiger partial charge in [-0.2, -0.15) is 4.98 Å². The Morgan fingerprint density at radius 1 is 1.21 bits per heavy atom. The number of benzene rings is 1. The Morgan fingerprint density at radius 2 is 1.97 bits per heavy atom. The molecule has 3 aromatic rings. The van der Waals surface area contributed by atoms with Crippen LogP contribution in [0.1, 0.15) is 51.9 Å². The van der Waals surface area contributed by atoms with Crippen LogP contribution >= 0.6 is 11.3 Å². The highest BCUT2D eigenvalue weighted by Gasteiger charge is 2.22. The van der Waals surface area contributed by atoms with E-state index in [1.54, 1.807) is 59.0 Å². The van der Waals surface area contributed by atoms with Gasteiger partial charge in [-0.3, -0.25) is 14.5 Å². The van der Waals surface area contributed by atoms with Gasteiger partial charge in [-0.15, -0.1) is 0 Å². The van der Waals surface area contributed by atoms with E-state index in [1.165, 1.54) is 4.90 Å². The molecule has 0 spiro atoms. The van der Waals surface area contributed by atoms with Crippen molar-refractivity contribution in [2.75, 3.05) is 18.5 Å². The van der Waals surface area contributed by atoms with Gasteiger partial charge in [-0.05, 0) is 32.9 Å². The lowest BCUT2D eigenvalue weighted by molar-refractivity contribution is -0.118. The van der Waals surface area contributed by atoms with Crippen LogP contribution in [0.3, 0.4) is 0 Å². The number of amides is 2. The number of carbonyl (C=O) groups excluding carboxylic acids is 3. The summed E-state index contributed by atoms with van der Waals surface area (Å²) in [7, 11) is 1.58. The van der Waals surface area contributed by atoms with E-state index in [2.05, 4.69) is 20.4 Å². The predicted octanol–water partition coefficient (Wildman–Crippen LogP) is 3.16. The Balaban J connectivity index is 1.56. The van der Waals surface area contributed by atoms with Crippen LogP contribution in [0.5, 0.6) is 0 Å². The van der Waals surface area contributed by atoms with Crippen LogP contribution in [0.2, 0.25) is 0 Å². The summed E-state index contributed by atoms with van der Waals surface area (Å²) in [5.41, 5.74) is 1.58. The number of thiazole rings is 1. The van der Waals surface area contributed by atoms with Crippen LogP contribution in [-0.2, 0) is 9.53 Å². The quantitative estimate of drug-likeness (QED) is 0.496. The van der Waals surface area contributed by atoms with Crippen molar-refractivity contribution >= 4 is 34.3 Å². The van der Waals surface area contributed by atoms with Crippen LogP contribution in [0.15, 0.2) is 28.8 Å². The van der Waals surface area contributed by atoms with Crippen molar-refractivity contribution in [3.05, 3.63) is 46.3 Å². The number of hydrogen-bond acceptors (Lipinski definition) is 9. The third kappa shape index (κ3) is 6.01. The summed E-state index contributed by atoms with van der Waals surface area (Å²) in [6.45, 7) is 7.05. The number of carbonyl (C=O) groups is 3. The predicted molar refractivity (Wildman–Crippen MR) is 122 cm³/mol. The first kappa shape index (κ1) is 24.1. The van der Waals surface area contributed by atoms with Gasteiger partial charge in [0.2, 0.25) is 17.6 Å². The van der Waals surface area contributed by atoms with Crippen LogP contribution in [0.4, 0.5) is 5.13 Å². The fourth-order valence-electron chi connectivity index (χ4n) is 2.86.